The summed E-state index contributed by atoms with van der Waals surface area (Å²) in [5.41, 5.74) is 0.637. The molecule has 7 nitrogen and oxygen atoms in total. The summed E-state index contributed by atoms with van der Waals surface area (Å²) in [6, 6.07) is 7.95. The first-order valence-electron chi connectivity index (χ1n) is 9.35. The molecule has 0 saturated carbocycles. The molecule has 1 aromatic rings. The maximum Gasteiger partial charge on any atom is 0.410 e. The van der Waals surface area contributed by atoms with Crippen LogP contribution in [0.15, 0.2) is 29.3 Å². The molecule has 0 atom stereocenters. The first kappa shape index (κ1) is 26.3. The van der Waals surface area contributed by atoms with Crippen LogP contribution in [0.25, 0.3) is 0 Å². The predicted octanol–water partition coefficient (Wildman–Crippen LogP) is 3.28. The zero-order valence-corrected chi connectivity index (χ0v) is 20.2. The molecule has 0 fully saturated rings. The normalized spacial score (nSPS) is 11.3. The standard InChI is InChI=1S/C20H34N4O3.HI/c1-7-21-18(22-13-12-16-10-8-9-11-17(16)26-6)23-14-15-24(5)19(25)27-20(2,3)4;/h8-11H,7,12-15H2,1-6H3,(H2,21,22,23);1H. The molecule has 1 aromatic carbocycles. The van der Waals surface area contributed by atoms with Crippen LogP contribution in [0.3, 0.4) is 0 Å². The minimum Gasteiger partial charge on any atom is -0.496 e. The summed E-state index contributed by atoms with van der Waals surface area (Å²) in [6.07, 6.45) is 0.459. The van der Waals surface area contributed by atoms with Gasteiger partial charge in [-0.3, -0.25) is 4.99 Å². The van der Waals surface area contributed by atoms with E-state index in [9.17, 15) is 4.79 Å². The highest BCUT2D eigenvalue weighted by Crippen LogP contribution is 2.17. The van der Waals surface area contributed by atoms with Crippen LogP contribution in [-0.2, 0) is 11.2 Å². The fourth-order valence-corrected chi connectivity index (χ4v) is 2.31. The van der Waals surface area contributed by atoms with Crippen LogP contribution in [-0.4, -0.2) is 62.9 Å². The predicted molar refractivity (Wildman–Crippen MR) is 125 cm³/mol. The van der Waals surface area contributed by atoms with Gasteiger partial charge < -0.3 is 25.0 Å². The lowest BCUT2D eigenvalue weighted by Crippen LogP contribution is -2.43. The first-order valence-corrected chi connectivity index (χ1v) is 9.35. The summed E-state index contributed by atoms with van der Waals surface area (Å²) in [4.78, 5) is 18.1. The molecule has 1 amide bonds. The van der Waals surface area contributed by atoms with Crippen molar-refractivity contribution in [1.29, 1.82) is 0 Å². The lowest BCUT2D eigenvalue weighted by Gasteiger charge is -2.24. The van der Waals surface area contributed by atoms with E-state index in [1.165, 1.54) is 0 Å². The van der Waals surface area contributed by atoms with Gasteiger partial charge in [-0.15, -0.1) is 24.0 Å². The number of nitrogens with zero attached hydrogens (tertiary/aromatic N) is 2. The van der Waals surface area contributed by atoms with Crippen LogP contribution in [0, 0.1) is 0 Å². The van der Waals surface area contributed by atoms with Gasteiger partial charge in [-0.25, -0.2) is 4.79 Å². The molecule has 1 rings (SSSR count). The Balaban J connectivity index is 0.00000729. The van der Waals surface area contributed by atoms with Gasteiger partial charge in [0, 0.05) is 33.2 Å². The largest absolute Gasteiger partial charge is 0.496 e. The number of methoxy groups -OCH3 is 1. The first-order chi connectivity index (χ1) is 12.8. The van der Waals surface area contributed by atoms with Gasteiger partial charge in [0.25, 0.3) is 0 Å². The summed E-state index contributed by atoms with van der Waals surface area (Å²) in [6.45, 7) is 10.1. The second-order valence-corrected chi connectivity index (χ2v) is 7.15. The van der Waals surface area contributed by atoms with Crippen molar-refractivity contribution >= 4 is 36.0 Å². The van der Waals surface area contributed by atoms with Gasteiger partial charge in [-0.1, -0.05) is 18.2 Å². The van der Waals surface area contributed by atoms with Crippen molar-refractivity contribution in [3.05, 3.63) is 29.8 Å². The van der Waals surface area contributed by atoms with Crippen LogP contribution in [0.2, 0.25) is 0 Å². The summed E-state index contributed by atoms with van der Waals surface area (Å²) in [5, 5.41) is 6.45. The Morgan fingerprint density at radius 1 is 1.21 bits per heavy atom. The molecule has 0 aromatic heterocycles. The summed E-state index contributed by atoms with van der Waals surface area (Å²) in [5.74, 6) is 1.61. The average Bonchev–Trinajstić information content (AvgIpc) is 2.60. The molecule has 0 unspecified atom stereocenters. The highest BCUT2D eigenvalue weighted by Gasteiger charge is 2.19. The lowest BCUT2D eigenvalue weighted by atomic mass is 10.1. The van der Waals surface area contributed by atoms with Crippen molar-refractivity contribution in [3.63, 3.8) is 0 Å². The van der Waals surface area contributed by atoms with Gasteiger partial charge in [0.1, 0.15) is 11.4 Å². The Hall–Kier alpha value is -1.71. The monoisotopic (exact) mass is 506 g/mol. The Morgan fingerprint density at radius 3 is 2.50 bits per heavy atom. The van der Waals surface area contributed by atoms with Gasteiger partial charge in [-0.05, 0) is 45.7 Å². The van der Waals surface area contributed by atoms with Gasteiger partial charge >= 0.3 is 6.09 Å². The third-order valence-electron chi connectivity index (χ3n) is 3.63. The van der Waals surface area contributed by atoms with Crippen LogP contribution in [0.5, 0.6) is 5.75 Å². The van der Waals surface area contributed by atoms with E-state index in [1.54, 1.807) is 19.1 Å². The fraction of sp³-hybridized carbons (Fsp3) is 0.600. The van der Waals surface area contributed by atoms with Crippen LogP contribution >= 0.6 is 24.0 Å². The quantitative estimate of drug-likeness (QED) is 0.322. The number of carbonyl (C=O) groups is 1. The maximum absolute atomic E-state index is 12.0. The topological polar surface area (TPSA) is 75.2 Å². The maximum atomic E-state index is 12.0. The van der Waals surface area contributed by atoms with E-state index >= 15 is 0 Å². The molecule has 2 N–H and O–H groups in total. The van der Waals surface area contributed by atoms with Crippen molar-refractivity contribution in [2.75, 3.05) is 40.3 Å². The zero-order chi connectivity index (χ0) is 20.3. The molecule has 8 heteroatoms. The SMILES string of the molecule is CCNC(=NCCc1ccccc1OC)NCCN(C)C(=O)OC(C)(C)C.I. The number of hydrogen-bond acceptors (Lipinski definition) is 4. The number of aliphatic imine (C=N–C) groups is 1. The minimum absolute atomic E-state index is 0. The number of benzene rings is 1. The van der Waals surface area contributed by atoms with E-state index < -0.39 is 5.60 Å². The zero-order valence-electron chi connectivity index (χ0n) is 17.9. The second-order valence-electron chi connectivity index (χ2n) is 7.15. The fourth-order valence-electron chi connectivity index (χ4n) is 2.31. The van der Waals surface area contributed by atoms with E-state index in [-0.39, 0.29) is 30.1 Å². The molecule has 0 radical (unpaired) electrons. The summed E-state index contributed by atoms with van der Waals surface area (Å²) in [7, 11) is 3.40. The molecule has 0 heterocycles. The number of nitrogens with one attached hydrogen (secondary N) is 2. The Morgan fingerprint density at radius 2 is 1.89 bits per heavy atom. The van der Waals surface area contributed by atoms with Gasteiger partial charge in [0.2, 0.25) is 0 Å². The number of rotatable bonds is 8. The van der Waals surface area contributed by atoms with Crippen molar-refractivity contribution in [3.8, 4) is 5.75 Å². The van der Waals surface area contributed by atoms with E-state index in [0.717, 1.165) is 30.2 Å². The number of carbonyl (C=O) groups excluding carboxylic acids is 1. The number of guanidine groups is 1. The molecule has 0 bridgehead atoms. The highest BCUT2D eigenvalue weighted by molar-refractivity contribution is 14.0. The molecular formula is C20H35IN4O3. The number of para-hydroxylation sites is 1. The third kappa shape index (κ3) is 10.6. The molecule has 0 aliphatic heterocycles. The molecule has 0 saturated heterocycles. The Kier molecular flexibility index (Phi) is 12.6. The highest BCUT2D eigenvalue weighted by atomic mass is 127. The van der Waals surface area contributed by atoms with Gasteiger partial charge in [0.05, 0.1) is 7.11 Å². The Bertz CT molecular complexity index is 618. The van der Waals surface area contributed by atoms with Crippen molar-refractivity contribution in [2.24, 2.45) is 4.99 Å². The van der Waals surface area contributed by atoms with E-state index in [4.69, 9.17) is 9.47 Å². The second kappa shape index (κ2) is 13.5. The lowest BCUT2D eigenvalue weighted by molar-refractivity contribution is 0.0302. The third-order valence-corrected chi connectivity index (χ3v) is 3.63. The average molecular weight is 506 g/mol. The minimum atomic E-state index is -0.492. The number of likely N-dealkylation sites (N-methyl/N-ethyl adjacent to an activating group) is 1. The molecule has 28 heavy (non-hydrogen) atoms. The van der Waals surface area contributed by atoms with Gasteiger partial charge in [-0.2, -0.15) is 0 Å². The number of amides is 1. The molecule has 0 aliphatic carbocycles. The van der Waals surface area contributed by atoms with Crippen LogP contribution < -0.4 is 15.4 Å². The molecular weight excluding hydrogens is 471 g/mol. The summed E-state index contributed by atoms with van der Waals surface area (Å²) < 4.78 is 10.7. The number of ether oxygens (including phenoxy) is 2. The summed E-state index contributed by atoms with van der Waals surface area (Å²) >= 11 is 0. The number of halogens is 1. The smallest absolute Gasteiger partial charge is 0.410 e. The number of hydrogen-bond donors (Lipinski definition) is 2. The Labute approximate surface area is 186 Å². The van der Waals surface area contributed by atoms with E-state index in [1.807, 2.05) is 52.0 Å². The van der Waals surface area contributed by atoms with Gasteiger partial charge in [0.15, 0.2) is 5.96 Å². The van der Waals surface area contributed by atoms with Crippen molar-refractivity contribution < 1.29 is 14.3 Å². The van der Waals surface area contributed by atoms with Crippen LogP contribution in [0.4, 0.5) is 4.79 Å². The molecule has 0 spiro atoms. The van der Waals surface area contributed by atoms with E-state index in [0.29, 0.717) is 19.6 Å². The van der Waals surface area contributed by atoms with E-state index in [2.05, 4.69) is 15.6 Å². The van der Waals surface area contributed by atoms with Crippen molar-refractivity contribution in [2.45, 2.75) is 39.7 Å². The molecule has 160 valence electrons. The van der Waals surface area contributed by atoms with Crippen molar-refractivity contribution in [1.82, 2.24) is 15.5 Å². The molecule has 0 aliphatic rings. The van der Waals surface area contributed by atoms with Crippen LogP contribution in [0.1, 0.15) is 33.3 Å².